The molecule has 0 fully saturated rings. The molecule has 0 saturated heterocycles. The summed E-state index contributed by atoms with van der Waals surface area (Å²) in [5.74, 6) is 0.362. The topological polar surface area (TPSA) is 38.9 Å². The predicted molar refractivity (Wildman–Crippen MR) is 158 cm³/mol. The van der Waals surface area contributed by atoms with Crippen molar-refractivity contribution in [1.82, 2.24) is 9.97 Å². The number of benzene rings is 3. The molecule has 3 nitrogen and oxygen atoms in total. The monoisotopic (exact) mass is 504 g/mol. The molecule has 0 saturated carbocycles. The Kier molecular flexibility index (Phi) is 5.50. The fourth-order valence-electron chi connectivity index (χ4n) is 5.29. The Bertz CT molecular complexity index is 1790. The van der Waals surface area contributed by atoms with Gasteiger partial charge in [0.2, 0.25) is 0 Å². The van der Waals surface area contributed by atoms with Crippen molar-refractivity contribution in [2.24, 2.45) is 0 Å². The van der Waals surface area contributed by atoms with Crippen LogP contribution in [0.4, 0.5) is 0 Å². The van der Waals surface area contributed by atoms with E-state index in [-0.39, 0.29) is 5.41 Å². The van der Waals surface area contributed by atoms with Gasteiger partial charge in [-0.25, -0.2) is 4.98 Å². The number of hydrogen-bond donors (Lipinski definition) is 0. The number of hydrogen-bond acceptors (Lipinski definition) is 4. The lowest BCUT2D eigenvalue weighted by Crippen LogP contribution is -2.09. The summed E-state index contributed by atoms with van der Waals surface area (Å²) in [4.78, 5) is 9.90. The van der Waals surface area contributed by atoms with Crippen LogP contribution >= 0.6 is 11.3 Å². The van der Waals surface area contributed by atoms with Gasteiger partial charge >= 0.3 is 0 Å². The molecule has 4 heteroatoms. The normalized spacial score (nSPS) is 12.4. The highest BCUT2D eigenvalue weighted by atomic mass is 32.1. The van der Waals surface area contributed by atoms with Gasteiger partial charge in [0.25, 0.3) is 0 Å². The fourth-order valence-corrected chi connectivity index (χ4v) is 6.33. The molecule has 0 aliphatic rings. The minimum Gasteiger partial charge on any atom is -0.455 e. The average Bonchev–Trinajstić information content (AvgIpc) is 3.43. The molecule has 0 aliphatic heterocycles. The van der Waals surface area contributed by atoms with Crippen LogP contribution in [-0.2, 0) is 5.41 Å². The standard InChI is InChI=1S/C33H32N2OS/c1-18(2)23-14-26(34-17-25(23)30-19(3)10-8-11-20(30)4)22-13-9-12-21-24-15-29-27(16-28(24)36-31(21)22)35-32(37-29)33(5,6)7/h8-18H,1-7H3. The van der Waals surface area contributed by atoms with Crippen molar-refractivity contribution in [3.63, 3.8) is 0 Å². The second kappa shape index (κ2) is 8.53. The van der Waals surface area contributed by atoms with E-state index in [1.54, 1.807) is 11.3 Å². The Hall–Kier alpha value is -3.50. The maximum atomic E-state index is 6.52. The third-order valence-corrected chi connectivity index (χ3v) is 8.68. The molecule has 0 amide bonds. The van der Waals surface area contributed by atoms with Gasteiger partial charge in [-0.3, -0.25) is 4.98 Å². The SMILES string of the molecule is Cc1cccc(C)c1-c1cnc(-c2cccc3c2oc2cc4nc(C(C)(C)C)sc4cc23)cc1C(C)C. The molecule has 0 radical (unpaired) electrons. The quantitative estimate of drug-likeness (QED) is 0.241. The van der Waals surface area contributed by atoms with Gasteiger partial charge in [-0.05, 0) is 60.2 Å². The first kappa shape index (κ1) is 23.9. The molecule has 3 aromatic carbocycles. The Balaban J connectivity index is 1.54. The van der Waals surface area contributed by atoms with Crippen molar-refractivity contribution in [2.45, 2.75) is 59.8 Å². The minimum atomic E-state index is 0.0306. The van der Waals surface area contributed by atoms with E-state index in [2.05, 4.69) is 109 Å². The first-order valence-electron chi connectivity index (χ1n) is 12.9. The smallest absolute Gasteiger partial charge is 0.144 e. The Morgan fingerprint density at radius 3 is 2.30 bits per heavy atom. The van der Waals surface area contributed by atoms with Crippen LogP contribution in [0.1, 0.15) is 62.2 Å². The Morgan fingerprint density at radius 1 is 0.865 bits per heavy atom. The van der Waals surface area contributed by atoms with Crippen LogP contribution in [0.3, 0.4) is 0 Å². The summed E-state index contributed by atoms with van der Waals surface area (Å²) in [5, 5.41) is 3.39. The zero-order chi connectivity index (χ0) is 26.1. The molecule has 186 valence electrons. The predicted octanol–water partition coefficient (Wildman–Crippen LogP) is 9.96. The van der Waals surface area contributed by atoms with Crippen LogP contribution in [0.5, 0.6) is 0 Å². The maximum absolute atomic E-state index is 6.52. The van der Waals surface area contributed by atoms with E-state index in [1.807, 2.05) is 0 Å². The fraction of sp³-hybridized carbons (Fsp3) is 0.273. The highest BCUT2D eigenvalue weighted by molar-refractivity contribution is 7.18. The van der Waals surface area contributed by atoms with Crippen molar-refractivity contribution in [3.05, 3.63) is 82.5 Å². The number of thiazole rings is 1. The molecule has 0 atom stereocenters. The number of aryl methyl sites for hydroxylation is 2. The summed E-state index contributed by atoms with van der Waals surface area (Å²) >= 11 is 1.77. The van der Waals surface area contributed by atoms with Gasteiger partial charge in [-0.1, -0.05) is 65.0 Å². The molecule has 0 spiro atoms. The lowest BCUT2D eigenvalue weighted by molar-refractivity contribution is 0.587. The minimum absolute atomic E-state index is 0.0306. The van der Waals surface area contributed by atoms with Gasteiger partial charge in [0.05, 0.1) is 20.9 Å². The summed E-state index contributed by atoms with van der Waals surface area (Å²) < 4.78 is 7.72. The van der Waals surface area contributed by atoms with Gasteiger partial charge in [-0.2, -0.15) is 0 Å². The molecule has 0 N–H and O–H groups in total. The van der Waals surface area contributed by atoms with Gasteiger partial charge in [0.15, 0.2) is 0 Å². The van der Waals surface area contributed by atoms with Crippen LogP contribution in [0, 0.1) is 13.8 Å². The largest absolute Gasteiger partial charge is 0.455 e. The number of aromatic nitrogens is 2. The number of rotatable bonds is 3. The lowest BCUT2D eigenvalue weighted by atomic mass is 9.88. The van der Waals surface area contributed by atoms with E-state index >= 15 is 0 Å². The molecule has 0 aliphatic carbocycles. The molecule has 0 unspecified atom stereocenters. The lowest BCUT2D eigenvalue weighted by Gasteiger charge is -2.18. The average molecular weight is 505 g/mol. The summed E-state index contributed by atoms with van der Waals surface area (Å²) in [6.07, 6.45) is 2.05. The molecule has 6 rings (SSSR count). The maximum Gasteiger partial charge on any atom is 0.144 e. The molecule has 6 aromatic rings. The van der Waals surface area contributed by atoms with Crippen LogP contribution in [0.15, 0.2) is 65.2 Å². The van der Waals surface area contributed by atoms with Crippen molar-refractivity contribution in [1.29, 1.82) is 0 Å². The molecule has 0 bridgehead atoms. The molecular formula is C33H32N2OS. The van der Waals surface area contributed by atoms with Gasteiger partial charge in [0, 0.05) is 39.6 Å². The van der Waals surface area contributed by atoms with Crippen molar-refractivity contribution in [3.8, 4) is 22.4 Å². The first-order chi connectivity index (χ1) is 17.6. The van der Waals surface area contributed by atoms with Crippen LogP contribution in [0.2, 0.25) is 0 Å². The number of pyridine rings is 1. The van der Waals surface area contributed by atoms with Crippen molar-refractivity contribution in [2.75, 3.05) is 0 Å². The van der Waals surface area contributed by atoms with E-state index in [0.717, 1.165) is 43.7 Å². The number of furan rings is 1. The molecular weight excluding hydrogens is 472 g/mol. The van der Waals surface area contributed by atoms with E-state index in [9.17, 15) is 0 Å². The zero-order valence-electron chi connectivity index (χ0n) is 22.6. The van der Waals surface area contributed by atoms with E-state index in [1.165, 1.54) is 32.5 Å². The van der Waals surface area contributed by atoms with E-state index in [4.69, 9.17) is 14.4 Å². The zero-order valence-corrected chi connectivity index (χ0v) is 23.4. The van der Waals surface area contributed by atoms with Gasteiger partial charge < -0.3 is 4.42 Å². The highest BCUT2D eigenvalue weighted by Gasteiger charge is 2.21. The van der Waals surface area contributed by atoms with Gasteiger partial charge in [-0.15, -0.1) is 11.3 Å². The summed E-state index contributed by atoms with van der Waals surface area (Å²) in [5.41, 5.74) is 11.1. The van der Waals surface area contributed by atoms with Crippen LogP contribution in [0.25, 0.3) is 54.5 Å². The number of nitrogens with zero attached hydrogens (tertiary/aromatic N) is 2. The van der Waals surface area contributed by atoms with Crippen molar-refractivity contribution < 1.29 is 4.42 Å². The third kappa shape index (κ3) is 3.95. The third-order valence-electron chi connectivity index (χ3n) is 7.23. The van der Waals surface area contributed by atoms with Crippen molar-refractivity contribution >= 4 is 43.5 Å². The first-order valence-corrected chi connectivity index (χ1v) is 13.8. The Labute approximate surface area is 222 Å². The summed E-state index contributed by atoms with van der Waals surface area (Å²) in [6, 6.07) is 19.5. The summed E-state index contributed by atoms with van der Waals surface area (Å²) in [6.45, 7) is 15.5. The molecule has 3 heterocycles. The second-order valence-corrected chi connectivity index (χ2v) is 12.5. The molecule has 3 aromatic heterocycles. The number of para-hydroxylation sites is 1. The van der Waals surface area contributed by atoms with Gasteiger partial charge in [0.1, 0.15) is 11.2 Å². The van der Waals surface area contributed by atoms with E-state index < -0.39 is 0 Å². The number of fused-ring (bicyclic) bond motifs is 4. The van der Waals surface area contributed by atoms with Crippen LogP contribution < -0.4 is 0 Å². The Morgan fingerprint density at radius 2 is 1.59 bits per heavy atom. The summed E-state index contributed by atoms with van der Waals surface area (Å²) in [7, 11) is 0. The van der Waals surface area contributed by atoms with E-state index in [0.29, 0.717) is 5.92 Å². The highest BCUT2D eigenvalue weighted by Crippen LogP contribution is 2.41. The molecule has 37 heavy (non-hydrogen) atoms. The van der Waals surface area contributed by atoms with Crippen LogP contribution in [-0.4, -0.2) is 9.97 Å². The second-order valence-electron chi connectivity index (χ2n) is 11.4.